The molecule has 1 aromatic carbocycles. The Labute approximate surface area is 158 Å². The zero-order valence-corrected chi connectivity index (χ0v) is 15.4. The predicted molar refractivity (Wildman–Crippen MR) is 101 cm³/mol. The summed E-state index contributed by atoms with van der Waals surface area (Å²) in [6.45, 7) is 4.77. The minimum Gasteiger partial charge on any atom is -0.439 e. The van der Waals surface area contributed by atoms with Crippen LogP contribution < -0.4 is 10.1 Å². The lowest BCUT2D eigenvalue weighted by Gasteiger charge is -2.44. The van der Waals surface area contributed by atoms with E-state index in [0.29, 0.717) is 28.7 Å². The SMILES string of the molecule is CC(=O)c1ccc(Oc2ccc(C(=O)NC3CN4CCC3CC4)cc2)nc1. The van der Waals surface area contributed by atoms with E-state index < -0.39 is 0 Å². The van der Waals surface area contributed by atoms with E-state index in [9.17, 15) is 9.59 Å². The number of ether oxygens (including phenoxy) is 1. The maximum Gasteiger partial charge on any atom is 0.251 e. The number of amides is 1. The first-order valence-electron chi connectivity index (χ1n) is 9.36. The van der Waals surface area contributed by atoms with Crippen molar-refractivity contribution in [1.82, 2.24) is 15.2 Å². The highest BCUT2D eigenvalue weighted by Crippen LogP contribution is 2.28. The number of aromatic nitrogens is 1. The van der Waals surface area contributed by atoms with Crippen LogP contribution >= 0.6 is 0 Å². The summed E-state index contributed by atoms with van der Waals surface area (Å²) in [4.78, 5) is 30.4. The van der Waals surface area contributed by atoms with Crippen molar-refractivity contribution >= 4 is 11.7 Å². The number of hydrogen-bond donors (Lipinski definition) is 1. The number of fused-ring (bicyclic) bond motifs is 3. The largest absolute Gasteiger partial charge is 0.439 e. The zero-order chi connectivity index (χ0) is 18.8. The van der Waals surface area contributed by atoms with Gasteiger partial charge < -0.3 is 15.0 Å². The van der Waals surface area contributed by atoms with Crippen LogP contribution in [0.4, 0.5) is 0 Å². The summed E-state index contributed by atoms with van der Waals surface area (Å²) in [5.74, 6) is 1.53. The third-order valence-corrected chi connectivity index (χ3v) is 5.45. The Morgan fingerprint density at radius 3 is 2.33 bits per heavy atom. The average molecular weight is 365 g/mol. The first kappa shape index (κ1) is 17.7. The Morgan fingerprint density at radius 1 is 1.07 bits per heavy atom. The van der Waals surface area contributed by atoms with Gasteiger partial charge >= 0.3 is 0 Å². The standard InChI is InChI=1S/C21H23N3O3/c1-14(25)17-4-7-20(22-12-17)27-18-5-2-16(3-6-18)21(26)23-19-13-24-10-8-15(19)9-11-24/h2-7,12,15,19H,8-11,13H2,1H3,(H,23,26). The number of benzene rings is 1. The molecular weight excluding hydrogens is 342 g/mol. The second-order valence-electron chi connectivity index (χ2n) is 7.29. The molecule has 27 heavy (non-hydrogen) atoms. The second kappa shape index (κ2) is 7.48. The van der Waals surface area contributed by atoms with E-state index in [2.05, 4.69) is 15.2 Å². The molecule has 4 heterocycles. The minimum atomic E-state index is -0.0377. The molecular formula is C21H23N3O3. The van der Waals surface area contributed by atoms with Gasteiger partial charge in [0, 0.05) is 36.0 Å². The molecule has 140 valence electrons. The van der Waals surface area contributed by atoms with Gasteiger partial charge in [-0.25, -0.2) is 4.98 Å². The van der Waals surface area contributed by atoms with E-state index in [-0.39, 0.29) is 17.7 Å². The molecule has 6 heteroatoms. The summed E-state index contributed by atoms with van der Waals surface area (Å²) < 4.78 is 5.68. The van der Waals surface area contributed by atoms with Crippen LogP contribution in [-0.2, 0) is 0 Å². The summed E-state index contributed by atoms with van der Waals surface area (Å²) in [7, 11) is 0. The highest BCUT2D eigenvalue weighted by molar-refractivity contribution is 5.94. The fourth-order valence-corrected chi connectivity index (χ4v) is 3.82. The van der Waals surface area contributed by atoms with E-state index in [1.165, 1.54) is 26.0 Å². The van der Waals surface area contributed by atoms with Crippen LogP contribution in [0.25, 0.3) is 0 Å². The van der Waals surface area contributed by atoms with E-state index >= 15 is 0 Å². The molecule has 1 amide bonds. The monoisotopic (exact) mass is 365 g/mol. The number of hydrogen-bond acceptors (Lipinski definition) is 5. The van der Waals surface area contributed by atoms with Gasteiger partial charge in [0.05, 0.1) is 0 Å². The second-order valence-corrected chi connectivity index (χ2v) is 7.29. The average Bonchev–Trinajstić information content (AvgIpc) is 2.70. The lowest BCUT2D eigenvalue weighted by Crippen LogP contribution is -2.57. The third kappa shape index (κ3) is 4.01. The molecule has 0 saturated carbocycles. The topological polar surface area (TPSA) is 71.5 Å². The lowest BCUT2D eigenvalue weighted by molar-refractivity contribution is 0.0620. The van der Waals surface area contributed by atoms with Gasteiger partial charge in [-0.15, -0.1) is 0 Å². The van der Waals surface area contributed by atoms with Gasteiger partial charge in [0.15, 0.2) is 5.78 Å². The van der Waals surface area contributed by atoms with Gasteiger partial charge in [0.1, 0.15) is 5.75 Å². The van der Waals surface area contributed by atoms with Crippen LogP contribution in [0.2, 0.25) is 0 Å². The van der Waals surface area contributed by atoms with Crippen molar-refractivity contribution in [3.63, 3.8) is 0 Å². The highest BCUT2D eigenvalue weighted by atomic mass is 16.5. The van der Waals surface area contributed by atoms with Crippen molar-refractivity contribution in [3.05, 3.63) is 53.7 Å². The van der Waals surface area contributed by atoms with Crippen molar-refractivity contribution < 1.29 is 14.3 Å². The van der Waals surface area contributed by atoms with Crippen LogP contribution in [-0.4, -0.2) is 47.3 Å². The molecule has 1 unspecified atom stereocenters. The lowest BCUT2D eigenvalue weighted by atomic mass is 9.84. The smallest absolute Gasteiger partial charge is 0.251 e. The third-order valence-electron chi connectivity index (χ3n) is 5.45. The van der Waals surface area contributed by atoms with Crippen LogP contribution in [0.15, 0.2) is 42.6 Å². The van der Waals surface area contributed by atoms with Gasteiger partial charge in [0.25, 0.3) is 5.91 Å². The van der Waals surface area contributed by atoms with Crippen molar-refractivity contribution in [1.29, 1.82) is 0 Å². The van der Waals surface area contributed by atoms with E-state index in [1.54, 1.807) is 36.4 Å². The molecule has 1 aromatic heterocycles. The number of carbonyl (C=O) groups excluding carboxylic acids is 2. The molecule has 3 fully saturated rings. The minimum absolute atomic E-state index is 0.0348. The van der Waals surface area contributed by atoms with Gasteiger partial charge in [-0.05, 0) is 69.1 Å². The molecule has 0 radical (unpaired) electrons. The number of nitrogens with one attached hydrogen (secondary N) is 1. The van der Waals surface area contributed by atoms with Crippen LogP contribution in [0.5, 0.6) is 11.6 Å². The molecule has 3 saturated heterocycles. The Bertz CT molecular complexity index is 825. The summed E-state index contributed by atoms with van der Waals surface area (Å²) in [6.07, 6.45) is 3.84. The molecule has 5 rings (SSSR count). The van der Waals surface area contributed by atoms with E-state index in [1.807, 2.05) is 0 Å². The number of Topliss-reactive ketones (excluding diaryl/α,β-unsaturated/α-hetero) is 1. The maximum atomic E-state index is 12.5. The van der Waals surface area contributed by atoms with Crippen LogP contribution in [0.1, 0.15) is 40.5 Å². The number of carbonyl (C=O) groups is 2. The Balaban J connectivity index is 1.36. The first-order valence-corrected chi connectivity index (χ1v) is 9.36. The fourth-order valence-electron chi connectivity index (χ4n) is 3.82. The molecule has 0 spiro atoms. The molecule has 3 aliphatic rings. The van der Waals surface area contributed by atoms with Crippen LogP contribution in [0.3, 0.4) is 0 Å². The first-order chi connectivity index (χ1) is 13.1. The summed E-state index contributed by atoms with van der Waals surface area (Å²) >= 11 is 0. The molecule has 6 nitrogen and oxygen atoms in total. The van der Waals surface area contributed by atoms with Gasteiger partial charge in [0.2, 0.25) is 5.88 Å². The van der Waals surface area contributed by atoms with E-state index in [4.69, 9.17) is 4.74 Å². The maximum absolute atomic E-state index is 12.5. The normalized spacial score (nSPS) is 23.7. The Hall–Kier alpha value is -2.73. The molecule has 0 aliphatic carbocycles. The van der Waals surface area contributed by atoms with E-state index in [0.717, 1.165) is 19.6 Å². The van der Waals surface area contributed by atoms with Crippen molar-refractivity contribution in [2.75, 3.05) is 19.6 Å². The molecule has 1 N–H and O–H groups in total. The van der Waals surface area contributed by atoms with Crippen LogP contribution in [0, 0.1) is 5.92 Å². The Kier molecular flexibility index (Phi) is 4.90. The molecule has 2 aromatic rings. The number of ketones is 1. The summed E-state index contributed by atoms with van der Waals surface area (Å²) in [5, 5.41) is 3.19. The summed E-state index contributed by atoms with van der Waals surface area (Å²) in [5.41, 5.74) is 1.17. The van der Waals surface area contributed by atoms with Crippen molar-refractivity contribution in [3.8, 4) is 11.6 Å². The van der Waals surface area contributed by atoms with Gasteiger partial charge in [-0.2, -0.15) is 0 Å². The fraction of sp³-hybridized carbons (Fsp3) is 0.381. The van der Waals surface area contributed by atoms with Crippen molar-refractivity contribution in [2.45, 2.75) is 25.8 Å². The molecule has 3 aliphatic heterocycles. The van der Waals surface area contributed by atoms with Crippen molar-refractivity contribution in [2.24, 2.45) is 5.92 Å². The zero-order valence-electron chi connectivity index (χ0n) is 15.4. The van der Waals surface area contributed by atoms with Gasteiger partial charge in [-0.1, -0.05) is 0 Å². The Morgan fingerprint density at radius 2 is 1.78 bits per heavy atom. The quantitative estimate of drug-likeness (QED) is 0.825. The summed E-state index contributed by atoms with van der Waals surface area (Å²) in [6, 6.07) is 10.6. The predicted octanol–water partition coefficient (Wildman–Crippen LogP) is 2.90. The highest BCUT2D eigenvalue weighted by Gasteiger charge is 2.34. The number of nitrogens with zero attached hydrogens (tertiary/aromatic N) is 2. The van der Waals surface area contributed by atoms with Gasteiger partial charge in [-0.3, -0.25) is 9.59 Å². The number of pyridine rings is 1. The molecule has 2 bridgehead atoms. The molecule has 1 atom stereocenters. The number of rotatable bonds is 5. The number of piperidine rings is 3.